The van der Waals surface area contributed by atoms with Crippen LogP contribution in [0.25, 0.3) is 0 Å². The van der Waals surface area contributed by atoms with E-state index in [1.54, 1.807) is 0 Å². The van der Waals surface area contributed by atoms with Gasteiger partial charge in [-0.05, 0) is 24.3 Å². The van der Waals surface area contributed by atoms with Gasteiger partial charge in [-0.3, -0.25) is 0 Å². The van der Waals surface area contributed by atoms with Gasteiger partial charge in [-0.15, -0.1) is 0 Å². The van der Waals surface area contributed by atoms with Crippen molar-refractivity contribution in [2.45, 2.75) is 32.1 Å². The first-order valence-corrected chi connectivity index (χ1v) is 5.78. The maximum absolute atomic E-state index is 8.76. The Morgan fingerprint density at radius 2 is 2.15 bits per heavy atom. The molecular formula is C10H16O2S. The normalized spacial score (nSPS) is 10.6. The summed E-state index contributed by atoms with van der Waals surface area (Å²) in [6, 6.07) is 3.76. The summed E-state index contributed by atoms with van der Waals surface area (Å²) in [4.78, 5) is 0. The highest BCUT2D eigenvalue weighted by Crippen LogP contribution is 2.16. The van der Waals surface area contributed by atoms with Gasteiger partial charge >= 0.3 is 0 Å². The number of rotatable bonds is 6. The molecule has 3 heteroatoms. The SMILES string of the molecule is CCCCSCc1ccc(CO)o1. The molecule has 1 heterocycles. The molecular weight excluding hydrogens is 184 g/mol. The lowest BCUT2D eigenvalue weighted by atomic mass is 10.4. The fourth-order valence-corrected chi connectivity index (χ4v) is 2.00. The minimum absolute atomic E-state index is 0.000370. The van der Waals surface area contributed by atoms with Crippen molar-refractivity contribution in [3.05, 3.63) is 23.7 Å². The Hall–Kier alpha value is -0.410. The zero-order valence-corrected chi connectivity index (χ0v) is 8.77. The molecule has 0 unspecified atom stereocenters. The Morgan fingerprint density at radius 3 is 2.77 bits per heavy atom. The lowest BCUT2D eigenvalue weighted by molar-refractivity contribution is 0.244. The molecule has 0 bridgehead atoms. The van der Waals surface area contributed by atoms with Crippen LogP contribution in [0.5, 0.6) is 0 Å². The van der Waals surface area contributed by atoms with Gasteiger partial charge in [0.15, 0.2) is 0 Å². The molecule has 1 rings (SSSR count). The third-order valence-electron chi connectivity index (χ3n) is 1.76. The topological polar surface area (TPSA) is 33.4 Å². The van der Waals surface area contributed by atoms with Crippen molar-refractivity contribution < 1.29 is 9.52 Å². The van der Waals surface area contributed by atoms with Gasteiger partial charge in [0.25, 0.3) is 0 Å². The highest BCUT2D eigenvalue weighted by Gasteiger charge is 2.00. The van der Waals surface area contributed by atoms with Gasteiger partial charge in [0.2, 0.25) is 0 Å². The summed E-state index contributed by atoms with van der Waals surface area (Å²) in [5.74, 6) is 3.72. The van der Waals surface area contributed by atoms with E-state index in [1.807, 2.05) is 23.9 Å². The molecule has 0 radical (unpaired) electrons. The molecule has 1 N–H and O–H groups in total. The number of unbranched alkanes of at least 4 members (excludes halogenated alkanes) is 1. The minimum Gasteiger partial charge on any atom is -0.463 e. The predicted octanol–water partition coefficient (Wildman–Crippen LogP) is 2.81. The fraction of sp³-hybridized carbons (Fsp3) is 0.600. The van der Waals surface area contributed by atoms with Crippen molar-refractivity contribution in [3.63, 3.8) is 0 Å². The van der Waals surface area contributed by atoms with Gasteiger partial charge in [0, 0.05) is 0 Å². The Kier molecular flexibility index (Phi) is 5.01. The molecule has 0 aliphatic carbocycles. The molecule has 13 heavy (non-hydrogen) atoms. The number of aliphatic hydroxyl groups excluding tert-OH is 1. The maximum Gasteiger partial charge on any atom is 0.129 e. The molecule has 0 saturated heterocycles. The van der Waals surface area contributed by atoms with Crippen LogP contribution in [0.4, 0.5) is 0 Å². The smallest absolute Gasteiger partial charge is 0.129 e. The van der Waals surface area contributed by atoms with E-state index in [0.717, 1.165) is 11.5 Å². The summed E-state index contributed by atoms with van der Waals surface area (Å²) < 4.78 is 5.34. The molecule has 0 atom stereocenters. The molecule has 0 amide bonds. The number of thioether (sulfide) groups is 1. The van der Waals surface area contributed by atoms with Crippen molar-refractivity contribution in [3.8, 4) is 0 Å². The standard InChI is InChI=1S/C10H16O2S/c1-2-3-6-13-8-10-5-4-9(7-11)12-10/h4-5,11H,2-3,6-8H2,1H3. The summed E-state index contributed by atoms with van der Waals surface area (Å²) in [6.45, 7) is 2.19. The van der Waals surface area contributed by atoms with Crippen LogP contribution in [0.1, 0.15) is 31.3 Å². The van der Waals surface area contributed by atoms with Gasteiger partial charge in [0.1, 0.15) is 18.1 Å². The first-order valence-electron chi connectivity index (χ1n) is 4.63. The van der Waals surface area contributed by atoms with Crippen LogP contribution in [0, 0.1) is 0 Å². The Labute approximate surface area is 83.3 Å². The van der Waals surface area contributed by atoms with Crippen LogP contribution in [0.3, 0.4) is 0 Å². The van der Waals surface area contributed by atoms with E-state index in [1.165, 1.54) is 18.6 Å². The van der Waals surface area contributed by atoms with Crippen molar-refractivity contribution in [2.24, 2.45) is 0 Å². The van der Waals surface area contributed by atoms with Crippen LogP contribution >= 0.6 is 11.8 Å². The van der Waals surface area contributed by atoms with E-state index in [9.17, 15) is 0 Å². The molecule has 1 aromatic heterocycles. The molecule has 0 aromatic carbocycles. The van der Waals surface area contributed by atoms with E-state index in [-0.39, 0.29) is 6.61 Å². The fourth-order valence-electron chi connectivity index (χ4n) is 1.00. The van der Waals surface area contributed by atoms with Crippen LogP contribution in [-0.2, 0) is 12.4 Å². The molecule has 0 fully saturated rings. The lowest BCUT2D eigenvalue weighted by Crippen LogP contribution is -1.80. The van der Waals surface area contributed by atoms with Crippen LogP contribution in [0.15, 0.2) is 16.5 Å². The number of aliphatic hydroxyl groups is 1. The quantitative estimate of drug-likeness (QED) is 0.717. The van der Waals surface area contributed by atoms with Gasteiger partial charge < -0.3 is 9.52 Å². The molecule has 0 aliphatic heterocycles. The van der Waals surface area contributed by atoms with E-state index in [0.29, 0.717) is 5.76 Å². The second-order valence-electron chi connectivity index (χ2n) is 2.93. The van der Waals surface area contributed by atoms with Gasteiger partial charge in [-0.25, -0.2) is 0 Å². The predicted molar refractivity (Wildman–Crippen MR) is 55.7 cm³/mol. The van der Waals surface area contributed by atoms with E-state index in [4.69, 9.17) is 9.52 Å². The lowest BCUT2D eigenvalue weighted by Gasteiger charge is -1.96. The molecule has 2 nitrogen and oxygen atoms in total. The summed E-state index contributed by atoms with van der Waals surface area (Å²) in [5, 5.41) is 8.76. The van der Waals surface area contributed by atoms with Gasteiger partial charge in [-0.2, -0.15) is 11.8 Å². The summed E-state index contributed by atoms with van der Waals surface area (Å²) in [5.41, 5.74) is 0. The van der Waals surface area contributed by atoms with E-state index >= 15 is 0 Å². The van der Waals surface area contributed by atoms with Crippen molar-refractivity contribution in [1.29, 1.82) is 0 Å². The van der Waals surface area contributed by atoms with Crippen LogP contribution < -0.4 is 0 Å². The van der Waals surface area contributed by atoms with Crippen LogP contribution in [-0.4, -0.2) is 10.9 Å². The average molecular weight is 200 g/mol. The second-order valence-corrected chi connectivity index (χ2v) is 4.04. The number of furan rings is 1. The summed E-state index contributed by atoms with van der Waals surface area (Å²) in [7, 11) is 0. The number of hydrogen-bond acceptors (Lipinski definition) is 3. The van der Waals surface area contributed by atoms with Crippen molar-refractivity contribution >= 4 is 11.8 Å². The molecule has 1 aromatic rings. The Balaban J connectivity index is 2.20. The van der Waals surface area contributed by atoms with Gasteiger partial charge in [-0.1, -0.05) is 13.3 Å². The van der Waals surface area contributed by atoms with E-state index < -0.39 is 0 Å². The molecule has 0 spiro atoms. The average Bonchev–Trinajstić information content (AvgIpc) is 2.60. The first-order chi connectivity index (χ1) is 6.36. The summed E-state index contributed by atoms with van der Waals surface area (Å²) >= 11 is 1.88. The monoisotopic (exact) mass is 200 g/mol. The zero-order valence-electron chi connectivity index (χ0n) is 7.95. The Bertz CT molecular complexity index is 233. The largest absolute Gasteiger partial charge is 0.463 e. The second kappa shape index (κ2) is 6.11. The summed E-state index contributed by atoms with van der Waals surface area (Å²) in [6.07, 6.45) is 2.51. The molecule has 0 aliphatic rings. The molecule has 74 valence electrons. The van der Waals surface area contributed by atoms with Crippen molar-refractivity contribution in [1.82, 2.24) is 0 Å². The third-order valence-corrected chi connectivity index (χ3v) is 2.83. The number of hydrogen-bond donors (Lipinski definition) is 1. The first kappa shape index (κ1) is 10.7. The highest BCUT2D eigenvalue weighted by molar-refractivity contribution is 7.98. The molecule has 0 saturated carbocycles. The Morgan fingerprint density at radius 1 is 1.38 bits per heavy atom. The maximum atomic E-state index is 8.76. The highest BCUT2D eigenvalue weighted by atomic mass is 32.2. The third kappa shape index (κ3) is 3.87. The van der Waals surface area contributed by atoms with Crippen LogP contribution in [0.2, 0.25) is 0 Å². The van der Waals surface area contributed by atoms with Crippen molar-refractivity contribution in [2.75, 3.05) is 5.75 Å². The minimum atomic E-state index is -0.000370. The van der Waals surface area contributed by atoms with Gasteiger partial charge in [0.05, 0.1) is 5.75 Å². The van der Waals surface area contributed by atoms with E-state index in [2.05, 4.69) is 6.92 Å². The zero-order chi connectivity index (χ0) is 9.52.